The highest BCUT2D eigenvalue weighted by atomic mass is 16.5. The van der Waals surface area contributed by atoms with Gasteiger partial charge in [-0.15, -0.1) is 0 Å². The molecule has 3 N–H and O–H groups in total. The minimum atomic E-state index is -0.539. The van der Waals surface area contributed by atoms with E-state index in [1.54, 1.807) is 7.11 Å². The van der Waals surface area contributed by atoms with Gasteiger partial charge in [-0.25, -0.2) is 0 Å². The van der Waals surface area contributed by atoms with Crippen LogP contribution in [0.2, 0.25) is 0 Å². The highest BCUT2D eigenvalue weighted by molar-refractivity contribution is 4.87. The molecule has 14 heavy (non-hydrogen) atoms. The summed E-state index contributed by atoms with van der Waals surface area (Å²) in [5.74, 6) is 0.0299. The van der Waals surface area contributed by atoms with Crippen LogP contribution in [0.4, 0.5) is 0 Å². The number of hydrogen-bond acceptors (Lipinski definition) is 4. The third-order valence-electron chi connectivity index (χ3n) is 2.78. The zero-order valence-corrected chi connectivity index (χ0v) is 9.21. The minimum Gasteiger partial charge on any atom is -0.495 e. The number of aliphatic hydroxyl groups excluding tert-OH is 2. The van der Waals surface area contributed by atoms with Crippen molar-refractivity contribution < 1.29 is 14.9 Å². The first-order valence-corrected chi connectivity index (χ1v) is 4.80. The van der Waals surface area contributed by atoms with Crippen LogP contribution in [-0.4, -0.2) is 36.1 Å². The average Bonchev–Trinajstić information content (AvgIpc) is 2.18. The molecule has 0 amide bonds. The van der Waals surface area contributed by atoms with E-state index < -0.39 is 5.60 Å². The van der Waals surface area contributed by atoms with Gasteiger partial charge in [0, 0.05) is 19.6 Å². The van der Waals surface area contributed by atoms with Gasteiger partial charge in [-0.3, -0.25) is 0 Å². The van der Waals surface area contributed by atoms with E-state index in [0.717, 1.165) is 6.42 Å². The van der Waals surface area contributed by atoms with Crippen LogP contribution in [0.5, 0.6) is 0 Å². The summed E-state index contributed by atoms with van der Waals surface area (Å²) in [5.41, 5.74) is -0.539. The van der Waals surface area contributed by atoms with Gasteiger partial charge in [0.2, 0.25) is 0 Å². The predicted molar refractivity (Wildman–Crippen MR) is 56.1 cm³/mol. The molecule has 0 aromatic carbocycles. The molecule has 0 aliphatic carbocycles. The van der Waals surface area contributed by atoms with Crippen molar-refractivity contribution in [2.75, 3.05) is 20.3 Å². The number of rotatable bonds is 7. The molecule has 4 nitrogen and oxygen atoms in total. The smallest absolute Gasteiger partial charge is 0.176 e. The Kier molecular flexibility index (Phi) is 5.57. The van der Waals surface area contributed by atoms with Gasteiger partial charge in [-0.05, 0) is 13.0 Å². The van der Waals surface area contributed by atoms with Gasteiger partial charge < -0.3 is 20.3 Å². The van der Waals surface area contributed by atoms with Gasteiger partial charge in [0.05, 0.1) is 12.2 Å². The molecule has 0 radical (unpaired) electrons. The third kappa shape index (κ3) is 3.20. The Bertz CT molecular complexity index is 170. The Hall–Kier alpha value is -0.740. The summed E-state index contributed by atoms with van der Waals surface area (Å²) in [6.07, 6.45) is 0.723. The zero-order chi connectivity index (χ0) is 11.2. The average molecular weight is 203 g/mol. The van der Waals surface area contributed by atoms with Crippen molar-refractivity contribution in [3.05, 3.63) is 12.5 Å². The lowest BCUT2D eigenvalue weighted by Crippen LogP contribution is -2.45. The van der Waals surface area contributed by atoms with Crippen LogP contribution in [-0.2, 0) is 4.74 Å². The summed E-state index contributed by atoms with van der Waals surface area (Å²) in [5, 5.41) is 20.9. The van der Waals surface area contributed by atoms with Crippen LogP contribution in [0.15, 0.2) is 12.5 Å². The molecule has 0 aliphatic heterocycles. The second-order valence-electron chi connectivity index (χ2n) is 3.51. The van der Waals surface area contributed by atoms with Gasteiger partial charge in [-0.1, -0.05) is 13.8 Å². The molecule has 0 spiro atoms. The fraction of sp³-hybridized carbons (Fsp3) is 0.800. The molecule has 0 heterocycles. The van der Waals surface area contributed by atoms with Crippen molar-refractivity contribution in [3.63, 3.8) is 0 Å². The molecule has 4 heteroatoms. The van der Waals surface area contributed by atoms with Crippen LogP contribution < -0.4 is 5.32 Å². The number of nitrogens with one attached hydrogen (secondary N) is 1. The standard InChI is InChI=1S/C10H21NO3/c1-5-10(7-12,14-4)8(2)6-11-9(3)13/h8,11-13H,3,5-7H2,1-2,4H3. The Morgan fingerprint density at radius 3 is 2.50 bits per heavy atom. The molecule has 0 saturated carbocycles. The molecule has 84 valence electrons. The molecule has 0 saturated heterocycles. The van der Waals surface area contributed by atoms with Crippen molar-refractivity contribution in [1.29, 1.82) is 0 Å². The molecule has 2 unspecified atom stereocenters. The quantitative estimate of drug-likeness (QED) is 0.541. The van der Waals surface area contributed by atoms with E-state index in [9.17, 15) is 5.11 Å². The Morgan fingerprint density at radius 2 is 2.21 bits per heavy atom. The summed E-state index contributed by atoms with van der Waals surface area (Å²) in [7, 11) is 1.59. The fourth-order valence-electron chi connectivity index (χ4n) is 1.48. The molecule has 0 fully saturated rings. The number of aliphatic hydroxyl groups is 2. The van der Waals surface area contributed by atoms with Gasteiger partial charge in [0.1, 0.15) is 0 Å². The van der Waals surface area contributed by atoms with Crippen LogP contribution in [0, 0.1) is 5.92 Å². The lowest BCUT2D eigenvalue weighted by Gasteiger charge is -2.35. The van der Waals surface area contributed by atoms with E-state index in [0.29, 0.717) is 6.54 Å². The largest absolute Gasteiger partial charge is 0.495 e. The van der Waals surface area contributed by atoms with Crippen molar-refractivity contribution in [2.45, 2.75) is 25.9 Å². The Labute approximate surface area is 85.6 Å². The summed E-state index contributed by atoms with van der Waals surface area (Å²) < 4.78 is 5.33. The second-order valence-corrected chi connectivity index (χ2v) is 3.51. The number of ether oxygens (including phenoxy) is 1. The van der Waals surface area contributed by atoms with Crippen LogP contribution >= 0.6 is 0 Å². The van der Waals surface area contributed by atoms with Crippen LogP contribution in [0.25, 0.3) is 0 Å². The van der Waals surface area contributed by atoms with E-state index in [2.05, 4.69) is 11.9 Å². The zero-order valence-electron chi connectivity index (χ0n) is 9.21. The first-order chi connectivity index (χ1) is 6.52. The van der Waals surface area contributed by atoms with Crippen molar-refractivity contribution in [2.24, 2.45) is 5.92 Å². The number of methoxy groups -OCH3 is 1. The summed E-state index contributed by atoms with van der Waals surface area (Å²) >= 11 is 0. The molecule has 0 bridgehead atoms. The number of hydrogen-bond donors (Lipinski definition) is 3. The molecular formula is C10H21NO3. The van der Waals surface area contributed by atoms with Crippen LogP contribution in [0.1, 0.15) is 20.3 Å². The minimum absolute atomic E-state index is 0.0270. The third-order valence-corrected chi connectivity index (χ3v) is 2.78. The monoisotopic (exact) mass is 203 g/mol. The van der Waals surface area contributed by atoms with E-state index in [1.807, 2.05) is 13.8 Å². The molecule has 0 rings (SSSR count). The van der Waals surface area contributed by atoms with E-state index in [1.165, 1.54) is 0 Å². The van der Waals surface area contributed by atoms with Gasteiger partial charge >= 0.3 is 0 Å². The maximum absolute atomic E-state index is 9.27. The fourth-order valence-corrected chi connectivity index (χ4v) is 1.48. The Balaban J connectivity index is 4.28. The highest BCUT2D eigenvalue weighted by Gasteiger charge is 2.33. The van der Waals surface area contributed by atoms with Crippen molar-refractivity contribution in [1.82, 2.24) is 5.32 Å². The van der Waals surface area contributed by atoms with E-state index in [-0.39, 0.29) is 18.4 Å². The summed E-state index contributed by atoms with van der Waals surface area (Å²) in [6, 6.07) is 0. The molecule has 0 aromatic rings. The summed E-state index contributed by atoms with van der Waals surface area (Å²) in [6.45, 7) is 7.75. The van der Waals surface area contributed by atoms with Gasteiger partial charge in [-0.2, -0.15) is 0 Å². The first-order valence-electron chi connectivity index (χ1n) is 4.80. The SMILES string of the molecule is C=C(O)NCC(C)C(CC)(CO)OC. The molecule has 0 aromatic heterocycles. The van der Waals surface area contributed by atoms with E-state index in [4.69, 9.17) is 9.84 Å². The van der Waals surface area contributed by atoms with Crippen LogP contribution in [0.3, 0.4) is 0 Å². The summed E-state index contributed by atoms with van der Waals surface area (Å²) in [4.78, 5) is 0. The lowest BCUT2D eigenvalue weighted by atomic mass is 9.86. The Morgan fingerprint density at radius 1 is 1.64 bits per heavy atom. The molecule has 0 aliphatic rings. The second kappa shape index (κ2) is 5.88. The van der Waals surface area contributed by atoms with Gasteiger partial charge in [0.25, 0.3) is 0 Å². The molecule has 2 atom stereocenters. The van der Waals surface area contributed by atoms with Gasteiger partial charge in [0.15, 0.2) is 5.88 Å². The van der Waals surface area contributed by atoms with E-state index >= 15 is 0 Å². The molecular weight excluding hydrogens is 182 g/mol. The highest BCUT2D eigenvalue weighted by Crippen LogP contribution is 2.24. The normalized spacial score (nSPS) is 17.1. The lowest BCUT2D eigenvalue weighted by molar-refractivity contribution is -0.0904. The maximum Gasteiger partial charge on any atom is 0.176 e. The maximum atomic E-state index is 9.27. The topological polar surface area (TPSA) is 61.7 Å². The first kappa shape index (κ1) is 13.3. The predicted octanol–water partition coefficient (Wildman–Crippen LogP) is 1.03. The van der Waals surface area contributed by atoms with Crippen molar-refractivity contribution in [3.8, 4) is 0 Å². The van der Waals surface area contributed by atoms with Crippen molar-refractivity contribution >= 4 is 0 Å².